The molecule has 2 rings (SSSR count). The van der Waals surface area contributed by atoms with E-state index < -0.39 is 0 Å². The zero-order valence-corrected chi connectivity index (χ0v) is 10.1. The molecule has 1 aliphatic rings. The number of rotatable bonds is 4. The zero-order valence-electron chi connectivity index (χ0n) is 10.1. The van der Waals surface area contributed by atoms with Crippen molar-refractivity contribution in [3.05, 3.63) is 42.2 Å². The Morgan fingerprint density at radius 2 is 2.29 bits per heavy atom. The molecule has 0 aromatic carbocycles. The van der Waals surface area contributed by atoms with Gasteiger partial charge in [-0.15, -0.1) is 0 Å². The predicted octanol–water partition coefficient (Wildman–Crippen LogP) is 2.62. The van der Waals surface area contributed by atoms with Crippen LogP contribution in [0.5, 0.6) is 0 Å². The predicted molar refractivity (Wildman–Crippen MR) is 67.3 cm³/mol. The van der Waals surface area contributed by atoms with Crippen LogP contribution in [0.2, 0.25) is 0 Å². The lowest BCUT2D eigenvalue weighted by molar-refractivity contribution is -0.122. The summed E-state index contributed by atoms with van der Waals surface area (Å²) in [5, 5.41) is 3.02. The van der Waals surface area contributed by atoms with E-state index in [-0.39, 0.29) is 11.9 Å². The monoisotopic (exact) mass is 230 g/mol. The highest BCUT2D eigenvalue weighted by Gasteiger charge is 2.15. The summed E-state index contributed by atoms with van der Waals surface area (Å²) in [4.78, 5) is 15.8. The first-order valence-electron chi connectivity index (χ1n) is 6.11. The van der Waals surface area contributed by atoms with Crippen molar-refractivity contribution in [1.29, 1.82) is 0 Å². The van der Waals surface area contributed by atoms with E-state index >= 15 is 0 Å². The molecule has 0 spiro atoms. The summed E-state index contributed by atoms with van der Waals surface area (Å²) >= 11 is 0. The summed E-state index contributed by atoms with van der Waals surface area (Å²) in [5.74, 6) is 0.561. The van der Waals surface area contributed by atoms with Crippen LogP contribution in [0.15, 0.2) is 36.7 Å². The number of allylic oxidation sites excluding steroid dienone is 2. The fourth-order valence-electron chi connectivity index (χ4n) is 2.14. The molecule has 90 valence electrons. The summed E-state index contributed by atoms with van der Waals surface area (Å²) in [6.07, 6.45) is 10.6. The van der Waals surface area contributed by atoms with Crippen molar-refractivity contribution >= 4 is 5.91 Å². The lowest BCUT2D eigenvalue weighted by atomic mass is 10.0. The fourth-order valence-corrected chi connectivity index (χ4v) is 2.14. The van der Waals surface area contributed by atoms with Crippen molar-refractivity contribution in [2.75, 3.05) is 0 Å². The van der Waals surface area contributed by atoms with E-state index in [1.165, 1.54) is 0 Å². The van der Waals surface area contributed by atoms with Crippen molar-refractivity contribution in [2.45, 2.75) is 32.2 Å². The number of nitrogens with one attached hydrogen (secondary N) is 1. The van der Waals surface area contributed by atoms with Gasteiger partial charge in [0.15, 0.2) is 0 Å². The van der Waals surface area contributed by atoms with Crippen LogP contribution >= 0.6 is 0 Å². The average molecular weight is 230 g/mol. The number of hydrogen-bond donors (Lipinski definition) is 1. The van der Waals surface area contributed by atoms with Gasteiger partial charge >= 0.3 is 0 Å². The Morgan fingerprint density at radius 1 is 1.53 bits per heavy atom. The molecule has 1 heterocycles. The van der Waals surface area contributed by atoms with E-state index in [1.807, 2.05) is 19.1 Å². The summed E-state index contributed by atoms with van der Waals surface area (Å²) in [6.45, 7) is 2.00. The standard InChI is InChI=1S/C14H18N2O/c1-11(13-6-8-15-9-7-13)16-14(17)10-12-4-2-3-5-12/h2,4,6-9,11-12H,3,5,10H2,1H3,(H,16,17)/t11-,12-/m1/s1. The molecule has 1 aromatic rings. The third kappa shape index (κ3) is 3.41. The molecule has 1 aliphatic carbocycles. The highest BCUT2D eigenvalue weighted by molar-refractivity contribution is 5.76. The molecule has 0 saturated carbocycles. The molecular formula is C14H18N2O. The SMILES string of the molecule is C[C@@H](NC(=O)C[C@@H]1C=CCC1)c1ccncc1. The second-order valence-electron chi connectivity index (χ2n) is 4.54. The lowest BCUT2D eigenvalue weighted by Crippen LogP contribution is -2.27. The molecule has 2 atom stereocenters. The minimum absolute atomic E-state index is 0.0517. The molecule has 1 amide bonds. The van der Waals surface area contributed by atoms with E-state index in [9.17, 15) is 4.79 Å². The first-order chi connectivity index (χ1) is 8.25. The average Bonchev–Trinajstić information content (AvgIpc) is 2.82. The van der Waals surface area contributed by atoms with Crippen LogP contribution < -0.4 is 5.32 Å². The van der Waals surface area contributed by atoms with Gasteiger partial charge < -0.3 is 5.32 Å². The van der Waals surface area contributed by atoms with Crippen LogP contribution in [0.3, 0.4) is 0 Å². The normalized spacial score (nSPS) is 20.2. The Hall–Kier alpha value is -1.64. The van der Waals surface area contributed by atoms with Gasteiger partial charge in [0.25, 0.3) is 0 Å². The van der Waals surface area contributed by atoms with E-state index in [2.05, 4.69) is 22.5 Å². The number of carbonyl (C=O) groups is 1. The number of aromatic nitrogens is 1. The minimum Gasteiger partial charge on any atom is -0.350 e. The number of amides is 1. The Kier molecular flexibility index (Phi) is 3.91. The molecule has 0 fully saturated rings. The third-order valence-corrected chi connectivity index (χ3v) is 3.14. The summed E-state index contributed by atoms with van der Waals surface area (Å²) in [7, 11) is 0. The highest BCUT2D eigenvalue weighted by atomic mass is 16.1. The number of pyridine rings is 1. The van der Waals surface area contributed by atoms with Crippen LogP contribution in [-0.2, 0) is 4.79 Å². The van der Waals surface area contributed by atoms with E-state index in [4.69, 9.17) is 0 Å². The van der Waals surface area contributed by atoms with Crippen LogP contribution in [0.1, 0.15) is 37.8 Å². The van der Waals surface area contributed by atoms with E-state index in [0.717, 1.165) is 18.4 Å². The van der Waals surface area contributed by atoms with Crippen LogP contribution in [0.25, 0.3) is 0 Å². The molecule has 3 heteroatoms. The number of hydrogen-bond acceptors (Lipinski definition) is 2. The highest BCUT2D eigenvalue weighted by Crippen LogP contribution is 2.20. The lowest BCUT2D eigenvalue weighted by Gasteiger charge is -2.15. The molecule has 1 N–H and O–H groups in total. The maximum atomic E-state index is 11.8. The molecule has 0 bridgehead atoms. The Bertz CT molecular complexity index is 400. The summed E-state index contributed by atoms with van der Waals surface area (Å²) in [6, 6.07) is 3.91. The summed E-state index contributed by atoms with van der Waals surface area (Å²) < 4.78 is 0. The molecule has 0 saturated heterocycles. The number of carbonyl (C=O) groups excluding carboxylic acids is 1. The van der Waals surface area contributed by atoms with Gasteiger partial charge in [-0.05, 0) is 43.4 Å². The van der Waals surface area contributed by atoms with Crippen molar-refractivity contribution in [2.24, 2.45) is 5.92 Å². The van der Waals surface area contributed by atoms with Gasteiger partial charge in [0.2, 0.25) is 5.91 Å². The quantitative estimate of drug-likeness (QED) is 0.808. The molecule has 0 radical (unpaired) electrons. The first kappa shape index (κ1) is 11.8. The van der Waals surface area contributed by atoms with Crippen molar-refractivity contribution in [3.63, 3.8) is 0 Å². The minimum atomic E-state index is 0.0517. The van der Waals surface area contributed by atoms with Gasteiger partial charge in [-0.25, -0.2) is 0 Å². The van der Waals surface area contributed by atoms with Gasteiger partial charge in [-0.2, -0.15) is 0 Å². The maximum Gasteiger partial charge on any atom is 0.221 e. The van der Waals surface area contributed by atoms with Crippen LogP contribution in [0, 0.1) is 5.92 Å². The molecule has 1 aromatic heterocycles. The first-order valence-corrected chi connectivity index (χ1v) is 6.11. The molecule has 0 unspecified atom stereocenters. The largest absolute Gasteiger partial charge is 0.350 e. The van der Waals surface area contributed by atoms with Crippen LogP contribution in [0.4, 0.5) is 0 Å². The zero-order chi connectivity index (χ0) is 12.1. The second kappa shape index (κ2) is 5.62. The van der Waals surface area contributed by atoms with Crippen LogP contribution in [-0.4, -0.2) is 10.9 Å². The maximum absolute atomic E-state index is 11.8. The molecule has 0 aliphatic heterocycles. The Labute approximate surface area is 102 Å². The van der Waals surface area contributed by atoms with Gasteiger partial charge in [-0.1, -0.05) is 12.2 Å². The van der Waals surface area contributed by atoms with Gasteiger partial charge in [0.1, 0.15) is 0 Å². The smallest absolute Gasteiger partial charge is 0.221 e. The van der Waals surface area contributed by atoms with Gasteiger partial charge in [-0.3, -0.25) is 9.78 Å². The van der Waals surface area contributed by atoms with Crippen molar-refractivity contribution < 1.29 is 4.79 Å². The molecular weight excluding hydrogens is 212 g/mol. The second-order valence-corrected chi connectivity index (χ2v) is 4.54. The number of nitrogens with zero attached hydrogens (tertiary/aromatic N) is 1. The van der Waals surface area contributed by atoms with E-state index in [0.29, 0.717) is 12.3 Å². The third-order valence-electron chi connectivity index (χ3n) is 3.14. The Morgan fingerprint density at radius 3 is 2.94 bits per heavy atom. The van der Waals surface area contributed by atoms with Crippen molar-refractivity contribution in [1.82, 2.24) is 10.3 Å². The van der Waals surface area contributed by atoms with E-state index in [1.54, 1.807) is 12.4 Å². The van der Waals surface area contributed by atoms with Gasteiger partial charge in [0.05, 0.1) is 6.04 Å². The Balaban J connectivity index is 1.84. The summed E-state index contributed by atoms with van der Waals surface area (Å²) in [5.41, 5.74) is 1.09. The topological polar surface area (TPSA) is 42.0 Å². The van der Waals surface area contributed by atoms with Crippen molar-refractivity contribution in [3.8, 4) is 0 Å². The molecule has 17 heavy (non-hydrogen) atoms. The fraction of sp³-hybridized carbons (Fsp3) is 0.429. The van der Waals surface area contributed by atoms with Gasteiger partial charge in [0, 0.05) is 18.8 Å². The molecule has 3 nitrogen and oxygen atoms in total.